The van der Waals surface area contributed by atoms with Crippen LogP contribution in [-0.4, -0.2) is 44.1 Å². The second-order valence-electron chi connectivity index (χ2n) is 4.63. The van der Waals surface area contributed by atoms with Gasteiger partial charge in [0.15, 0.2) is 6.61 Å². The Kier molecular flexibility index (Phi) is 8.38. The highest BCUT2D eigenvalue weighted by Crippen LogP contribution is 2.14. The molecule has 126 valence electrons. The molecule has 1 aromatic rings. The predicted molar refractivity (Wildman–Crippen MR) is 84.9 cm³/mol. The molecule has 0 aliphatic carbocycles. The van der Waals surface area contributed by atoms with Gasteiger partial charge in [-0.2, -0.15) is 0 Å². The molecule has 0 aliphatic heterocycles. The Bertz CT molecular complexity index is 545. The fourth-order valence-electron chi connectivity index (χ4n) is 1.75. The number of ether oxygens (including phenoxy) is 2. The Hall–Kier alpha value is -2.41. The maximum absolute atomic E-state index is 11.8. The molecule has 7 nitrogen and oxygen atoms in total. The zero-order valence-corrected chi connectivity index (χ0v) is 13.4. The fraction of sp³-hybridized carbons (Fsp3) is 0.438. The molecule has 0 unspecified atom stereocenters. The van der Waals surface area contributed by atoms with Gasteiger partial charge in [-0.05, 0) is 25.0 Å². The van der Waals surface area contributed by atoms with Crippen LogP contribution in [0, 0.1) is 0 Å². The molecule has 0 aliphatic rings. The minimum absolute atomic E-state index is 0.195. The van der Waals surface area contributed by atoms with Crippen LogP contribution in [0.15, 0.2) is 24.3 Å². The van der Waals surface area contributed by atoms with Crippen LogP contribution in [-0.2, 0) is 30.3 Å². The molecule has 0 fully saturated rings. The van der Waals surface area contributed by atoms with Crippen molar-refractivity contribution in [3.63, 3.8) is 0 Å². The number of carbonyl (C=O) groups excluding carboxylic acids is 3. The maximum atomic E-state index is 11.8. The molecule has 1 aromatic carbocycles. The molecule has 0 aromatic heterocycles. The fourth-order valence-corrected chi connectivity index (χ4v) is 1.75. The SMILES string of the molecule is CCOCC(=O)OCC(=O)NCC(=O)Nc1ccccc1CC. The summed E-state index contributed by atoms with van der Waals surface area (Å²) >= 11 is 0. The zero-order chi connectivity index (χ0) is 17.1. The molecule has 0 saturated carbocycles. The van der Waals surface area contributed by atoms with Gasteiger partial charge >= 0.3 is 5.97 Å². The Labute approximate surface area is 135 Å². The number of hydrogen-bond acceptors (Lipinski definition) is 5. The van der Waals surface area contributed by atoms with E-state index in [1.165, 1.54) is 0 Å². The van der Waals surface area contributed by atoms with Gasteiger partial charge in [-0.3, -0.25) is 9.59 Å². The Morgan fingerprint density at radius 2 is 1.78 bits per heavy atom. The summed E-state index contributed by atoms with van der Waals surface area (Å²) in [4.78, 5) is 34.5. The van der Waals surface area contributed by atoms with E-state index in [4.69, 9.17) is 4.74 Å². The summed E-state index contributed by atoms with van der Waals surface area (Å²) in [6.45, 7) is 3.29. The van der Waals surface area contributed by atoms with E-state index >= 15 is 0 Å². The lowest BCUT2D eigenvalue weighted by Gasteiger charge is -2.10. The number of nitrogens with one attached hydrogen (secondary N) is 2. The van der Waals surface area contributed by atoms with Crippen LogP contribution >= 0.6 is 0 Å². The van der Waals surface area contributed by atoms with Crippen LogP contribution < -0.4 is 10.6 Å². The van der Waals surface area contributed by atoms with Crippen molar-refractivity contribution in [3.8, 4) is 0 Å². The second kappa shape index (κ2) is 10.3. The first kappa shape index (κ1) is 18.6. The molecule has 0 spiro atoms. The molecule has 23 heavy (non-hydrogen) atoms. The summed E-state index contributed by atoms with van der Waals surface area (Å²) in [7, 11) is 0. The van der Waals surface area contributed by atoms with E-state index in [0.29, 0.717) is 6.61 Å². The van der Waals surface area contributed by atoms with Gasteiger partial charge in [0.2, 0.25) is 5.91 Å². The number of aryl methyl sites for hydroxylation is 1. The molecule has 2 amide bonds. The summed E-state index contributed by atoms with van der Waals surface area (Å²) < 4.78 is 9.53. The van der Waals surface area contributed by atoms with Gasteiger partial charge in [0.1, 0.15) is 6.61 Å². The highest BCUT2D eigenvalue weighted by Gasteiger charge is 2.10. The summed E-state index contributed by atoms with van der Waals surface area (Å²) in [6.07, 6.45) is 0.790. The topological polar surface area (TPSA) is 93.7 Å². The van der Waals surface area contributed by atoms with Gasteiger partial charge in [-0.15, -0.1) is 0 Å². The van der Waals surface area contributed by atoms with E-state index in [2.05, 4.69) is 15.4 Å². The number of para-hydroxylation sites is 1. The lowest BCUT2D eigenvalue weighted by atomic mass is 10.1. The normalized spacial score (nSPS) is 10.0. The van der Waals surface area contributed by atoms with Crippen molar-refractivity contribution >= 4 is 23.5 Å². The molecular weight excluding hydrogens is 300 g/mol. The summed E-state index contributed by atoms with van der Waals surface area (Å²) in [5.74, 6) is -1.52. The average Bonchev–Trinajstić information content (AvgIpc) is 2.56. The number of rotatable bonds is 9. The molecular formula is C16H22N2O5. The van der Waals surface area contributed by atoms with Crippen LogP contribution in [0.4, 0.5) is 5.69 Å². The van der Waals surface area contributed by atoms with Gasteiger partial charge in [0, 0.05) is 12.3 Å². The molecule has 0 bridgehead atoms. The number of esters is 1. The summed E-state index contributed by atoms with van der Waals surface area (Å²) in [5, 5.41) is 5.11. The summed E-state index contributed by atoms with van der Waals surface area (Å²) in [5.41, 5.74) is 1.73. The van der Waals surface area contributed by atoms with E-state index in [1.807, 2.05) is 25.1 Å². The summed E-state index contributed by atoms with van der Waals surface area (Å²) in [6, 6.07) is 7.44. The van der Waals surface area contributed by atoms with Crippen molar-refractivity contribution in [2.24, 2.45) is 0 Å². The molecule has 7 heteroatoms. The Morgan fingerprint density at radius 1 is 1.04 bits per heavy atom. The molecule has 0 radical (unpaired) electrons. The first-order chi connectivity index (χ1) is 11.1. The van der Waals surface area contributed by atoms with E-state index in [-0.39, 0.29) is 19.1 Å². The number of carbonyl (C=O) groups is 3. The first-order valence-electron chi connectivity index (χ1n) is 7.44. The monoisotopic (exact) mass is 322 g/mol. The smallest absolute Gasteiger partial charge is 0.332 e. The third-order valence-corrected chi connectivity index (χ3v) is 2.91. The van der Waals surface area contributed by atoms with Crippen LogP contribution in [0.25, 0.3) is 0 Å². The zero-order valence-electron chi connectivity index (χ0n) is 13.4. The average molecular weight is 322 g/mol. The van der Waals surface area contributed by atoms with Crippen LogP contribution in [0.5, 0.6) is 0 Å². The first-order valence-corrected chi connectivity index (χ1v) is 7.44. The van der Waals surface area contributed by atoms with Gasteiger partial charge < -0.3 is 20.1 Å². The van der Waals surface area contributed by atoms with Crippen molar-refractivity contribution < 1.29 is 23.9 Å². The minimum atomic E-state index is -0.622. The van der Waals surface area contributed by atoms with E-state index in [0.717, 1.165) is 17.7 Å². The van der Waals surface area contributed by atoms with Crippen molar-refractivity contribution in [1.82, 2.24) is 5.32 Å². The molecule has 2 N–H and O–H groups in total. The van der Waals surface area contributed by atoms with Crippen molar-refractivity contribution in [3.05, 3.63) is 29.8 Å². The van der Waals surface area contributed by atoms with Gasteiger partial charge in [0.05, 0.1) is 6.54 Å². The van der Waals surface area contributed by atoms with Gasteiger partial charge in [0.25, 0.3) is 5.91 Å². The number of benzene rings is 1. The number of hydrogen-bond donors (Lipinski definition) is 2. The lowest BCUT2D eigenvalue weighted by Crippen LogP contribution is -2.36. The van der Waals surface area contributed by atoms with E-state index < -0.39 is 18.5 Å². The molecule has 0 atom stereocenters. The lowest BCUT2D eigenvalue weighted by molar-refractivity contribution is -0.152. The van der Waals surface area contributed by atoms with Crippen LogP contribution in [0.3, 0.4) is 0 Å². The second-order valence-corrected chi connectivity index (χ2v) is 4.63. The highest BCUT2D eigenvalue weighted by atomic mass is 16.6. The maximum Gasteiger partial charge on any atom is 0.332 e. The Morgan fingerprint density at radius 3 is 2.48 bits per heavy atom. The highest BCUT2D eigenvalue weighted by molar-refractivity contribution is 5.95. The number of anilines is 1. The number of amides is 2. The van der Waals surface area contributed by atoms with Gasteiger partial charge in [-0.1, -0.05) is 25.1 Å². The third-order valence-electron chi connectivity index (χ3n) is 2.91. The molecule has 1 rings (SSSR count). The van der Waals surface area contributed by atoms with E-state index in [9.17, 15) is 14.4 Å². The third kappa shape index (κ3) is 7.42. The van der Waals surface area contributed by atoms with Crippen molar-refractivity contribution in [2.75, 3.05) is 31.7 Å². The predicted octanol–water partition coefficient (Wildman–Crippen LogP) is 0.883. The Balaban J connectivity index is 2.30. The van der Waals surface area contributed by atoms with Gasteiger partial charge in [-0.25, -0.2) is 4.79 Å². The standard InChI is InChI=1S/C16H22N2O5/c1-3-12-7-5-6-8-13(12)18-14(19)9-17-15(20)10-23-16(21)11-22-4-2/h5-8H,3-4,9-11H2,1-2H3,(H,17,20)(H,18,19). The van der Waals surface area contributed by atoms with E-state index in [1.54, 1.807) is 13.0 Å². The minimum Gasteiger partial charge on any atom is -0.454 e. The van der Waals surface area contributed by atoms with Crippen molar-refractivity contribution in [2.45, 2.75) is 20.3 Å². The molecule has 0 saturated heterocycles. The largest absolute Gasteiger partial charge is 0.454 e. The van der Waals surface area contributed by atoms with Crippen molar-refractivity contribution in [1.29, 1.82) is 0 Å². The van der Waals surface area contributed by atoms with Crippen LogP contribution in [0.1, 0.15) is 19.4 Å². The molecule has 0 heterocycles. The quantitative estimate of drug-likeness (QED) is 0.658. The van der Waals surface area contributed by atoms with Crippen LogP contribution in [0.2, 0.25) is 0 Å².